The monoisotopic (exact) mass is 732 g/mol. The maximum atomic E-state index is 13.3. The van der Waals surface area contributed by atoms with E-state index >= 15 is 0 Å². The normalized spacial score (nSPS) is 18.2. The molecule has 1 aliphatic rings. The van der Waals surface area contributed by atoms with Gasteiger partial charge in [0.25, 0.3) is 8.53 Å². The molecular formula is C39H49N4O8P. The standard InChI is InChI=1S/C39H49N4O8P/c1-26(2)43(27(3)4)52(48-8)51-34-24-37(42-23-22-36(40-28(5)44)41-38(42)45)50-35(34)25-49-39(29-12-10-9-11-13-29,30-14-18-32(46-6)19-15-30)31-16-20-33(47-7)21-17-31/h9-23,26-27,34-35,37H,24-25H2,1-8H3,(H,40,41,44,45)/t34-,35+,37+,52?/m0/s1. The number of nitrogens with one attached hydrogen (secondary N) is 1. The van der Waals surface area contributed by atoms with Gasteiger partial charge in [-0.2, -0.15) is 4.98 Å². The number of rotatable bonds is 16. The summed E-state index contributed by atoms with van der Waals surface area (Å²) >= 11 is 0. The molecule has 5 rings (SSSR count). The fourth-order valence-corrected chi connectivity index (χ4v) is 8.17. The summed E-state index contributed by atoms with van der Waals surface area (Å²) in [6.07, 6.45) is 0.0109. The van der Waals surface area contributed by atoms with Crippen LogP contribution < -0.4 is 20.5 Å². The molecule has 0 aliphatic carbocycles. The smallest absolute Gasteiger partial charge is 0.351 e. The Labute approximate surface area is 306 Å². The van der Waals surface area contributed by atoms with Crippen molar-refractivity contribution < 1.29 is 32.8 Å². The number of benzene rings is 3. The van der Waals surface area contributed by atoms with Gasteiger partial charge in [0.15, 0.2) is 0 Å². The fourth-order valence-electron chi connectivity index (χ4n) is 6.58. The van der Waals surface area contributed by atoms with Crippen molar-refractivity contribution in [3.8, 4) is 11.5 Å². The number of amides is 1. The quantitative estimate of drug-likeness (QED) is 0.0963. The van der Waals surface area contributed by atoms with E-state index in [1.165, 1.54) is 11.5 Å². The molecular weight excluding hydrogens is 683 g/mol. The summed E-state index contributed by atoms with van der Waals surface area (Å²) in [6, 6.07) is 27.5. The number of anilines is 1. The first-order valence-corrected chi connectivity index (χ1v) is 18.4. The molecule has 1 aromatic heterocycles. The average Bonchev–Trinajstić information content (AvgIpc) is 3.53. The summed E-state index contributed by atoms with van der Waals surface area (Å²) in [6.45, 7) is 9.85. The minimum atomic E-state index is -1.51. The van der Waals surface area contributed by atoms with Crippen LogP contribution in [0.4, 0.5) is 5.82 Å². The predicted octanol–water partition coefficient (Wildman–Crippen LogP) is 6.89. The van der Waals surface area contributed by atoms with Crippen LogP contribution in [0, 0.1) is 0 Å². The molecule has 278 valence electrons. The zero-order valence-electron chi connectivity index (χ0n) is 31.0. The second-order valence-electron chi connectivity index (χ2n) is 13.0. The largest absolute Gasteiger partial charge is 0.497 e. The Bertz CT molecular complexity index is 1750. The molecule has 0 radical (unpaired) electrons. The van der Waals surface area contributed by atoms with Crippen LogP contribution in [0.25, 0.3) is 0 Å². The van der Waals surface area contributed by atoms with Gasteiger partial charge in [0.1, 0.15) is 35.2 Å². The molecule has 2 heterocycles. The van der Waals surface area contributed by atoms with Gasteiger partial charge in [0.2, 0.25) is 5.91 Å². The minimum absolute atomic E-state index is 0.0799. The molecule has 0 saturated carbocycles. The van der Waals surface area contributed by atoms with Crippen LogP contribution in [0.2, 0.25) is 0 Å². The highest BCUT2D eigenvalue weighted by molar-refractivity contribution is 7.44. The van der Waals surface area contributed by atoms with Crippen LogP contribution in [0.1, 0.15) is 64.0 Å². The first-order chi connectivity index (χ1) is 25.0. The van der Waals surface area contributed by atoms with E-state index in [4.69, 9.17) is 28.0 Å². The van der Waals surface area contributed by atoms with Crippen molar-refractivity contribution in [1.82, 2.24) is 14.2 Å². The van der Waals surface area contributed by atoms with Gasteiger partial charge in [-0.15, -0.1) is 0 Å². The Kier molecular flexibility index (Phi) is 13.2. The van der Waals surface area contributed by atoms with E-state index in [9.17, 15) is 9.59 Å². The van der Waals surface area contributed by atoms with Gasteiger partial charge in [-0.3, -0.25) is 9.36 Å². The Balaban J connectivity index is 1.58. The number of methoxy groups -OCH3 is 2. The third-order valence-corrected chi connectivity index (χ3v) is 11.0. The molecule has 13 heteroatoms. The van der Waals surface area contributed by atoms with Gasteiger partial charge in [-0.1, -0.05) is 54.6 Å². The number of nitrogens with zero attached hydrogens (tertiary/aromatic N) is 3. The van der Waals surface area contributed by atoms with E-state index < -0.39 is 38.3 Å². The topological polar surface area (TPSA) is 123 Å². The first-order valence-electron chi connectivity index (χ1n) is 17.3. The molecule has 4 atom stereocenters. The van der Waals surface area contributed by atoms with Crippen molar-refractivity contribution in [2.75, 3.05) is 33.3 Å². The molecule has 4 aromatic rings. The summed E-state index contributed by atoms with van der Waals surface area (Å²) in [5.74, 6) is 1.27. The van der Waals surface area contributed by atoms with Gasteiger partial charge >= 0.3 is 5.69 Å². The molecule has 0 bridgehead atoms. The van der Waals surface area contributed by atoms with E-state index in [0.29, 0.717) is 17.9 Å². The molecule has 0 spiro atoms. The van der Waals surface area contributed by atoms with E-state index in [0.717, 1.165) is 16.7 Å². The van der Waals surface area contributed by atoms with Crippen molar-refractivity contribution in [2.24, 2.45) is 0 Å². The molecule has 1 aliphatic heterocycles. The molecule has 12 nitrogen and oxygen atoms in total. The molecule has 1 saturated heterocycles. The Morgan fingerprint density at radius 2 is 1.46 bits per heavy atom. The molecule has 3 aromatic carbocycles. The maximum absolute atomic E-state index is 13.3. The molecule has 1 N–H and O–H groups in total. The molecule has 52 heavy (non-hydrogen) atoms. The first kappa shape index (κ1) is 39.1. The van der Waals surface area contributed by atoms with Crippen LogP contribution in [-0.2, 0) is 28.9 Å². The van der Waals surface area contributed by atoms with Crippen molar-refractivity contribution in [2.45, 2.75) is 77.2 Å². The van der Waals surface area contributed by atoms with Gasteiger partial charge < -0.3 is 33.3 Å². The maximum Gasteiger partial charge on any atom is 0.351 e. The predicted molar refractivity (Wildman–Crippen MR) is 201 cm³/mol. The van der Waals surface area contributed by atoms with Crippen LogP contribution >= 0.6 is 8.53 Å². The Morgan fingerprint density at radius 1 is 0.904 bits per heavy atom. The van der Waals surface area contributed by atoms with E-state index in [-0.39, 0.29) is 30.4 Å². The summed E-state index contributed by atoms with van der Waals surface area (Å²) in [5, 5.41) is 2.56. The van der Waals surface area contributed by atoms with Gasteiger partial charge in [-0.05, 0) is 74.7 Å². The average molecular weight is 733 g/mol. The van der Waals surface area contributed by atoms with Crippen molar-refractivity contribution in [3.63, 3.8) is 0 Å². The lowest BCUT2D eigenvalue weighted by Gasteiger charge is -2.38. The van der Waals surface area contributed by atoms with Crippen LogP contribution in [-0.4, -0.2) is 72.4 Å². The lowest BCUT2D eigenvalue weighted by Crippen LogP contribution is -2.39. The van der Waals surface area contributed by atoms with E-state index in [1.807, 2.05) is 78.9 Å². The van der Waals surface area contributed by atoms with E-state index in [1.54, 1.807) is 33.6 Å². The molecule has 1 amide bonds. The van der Waals surface area contributed by atoms with Crippen LogP contribution in [0.15, 0.2) is 95.9 Å². The third-order valence-electron chi connectivity index (χ3n) is 8.89. The highest BCUT2D eigenvalue weighted by Crippen LogP contribution is 2.50. The van der Waals surface area contributed by atoms with Gasteiger partial charge in [-0.25, -0.2) is 9.46 Å². The van der Waals surface area contributed by atoms with Crippen LogP contribution in [0.3, 0.4) is 0 Å². The number of ether oxygens (including phenoxy) is 4. The zero-order valence-corrected chi connectivity index (χ0v) is 31.9. The summed E-state index contributed by atoms with van der Waals surface area (Å²) in [5.41, 5.74) is 0.979. The SMILES string of the molecule is COc1ccc(C(OC[C@H]2O[C@@H](n3ccc(NC(C)=O)nc3=O)C[C@@H]2OP(OC)N(C(C)C)C(C)C)(c2ccccc2)c2ccc(OC)cc2)cc1. The summed E-state index contributed by atoms with van der Waals surface area (Å²) in [4.78, 5) is 28.9. The number of carbonyl (C=O) groups is 1. The summed E-state index contributed by atoms with van der Waals surface area (Å²) in [7, 11) is 3.40. The highest BCUT2D eigenvalue weighted by atomic mass is 31.2. The number of carbonyl (C=O) groups excluding carboxylic acids is 1. The zero-order chi connectivity index (χ0) is 37.4. The Hall–Kier alpha value is -4.16. The van der Waals surface area contributed by atoms with Crippen LogP contribution in [0.5, 0.6) is 11.5 Å². The highest BCUT2D eigenvalue weighted by Gasteiger charge is 2.45. The lowest BCUT2D eigenvalue weighted by molar-refractivity contribution is -0.114. The second-order valence-corrected chi connectivity index (χ2v) is 14.5. The third kappa shape index (κ3) is 8.71. The van der Waals surface area contributed by atoms with E-state index in [2.05, 4.69) is 42.7 Å². The minimum Gasteiger partial charge on any atom is -0.497 e. The molecule has 1 unspecified atom stereocenters. The van der Waals surface area contributed by atoms with Gasteiger partial charge in [0.05, 0.1) is 26.9 Å². The fraction of sp³-hybridized carbons (Fsp3) is 0.410. The number of hydrogen-bond acceptors (Lipinski definition) is 10. The second kappa shape index (κ2) is 17.6. The van der Waals surface area contributed by atoms with Crippen molar-refractivity contribution in [3.05, 3.63) is 118 Å². The van der Waals surface area contributed by atoms with Crippen molar-refractivity contribution >= 4 is 20.3 Å². The number of hydrogen-bond donors (Lipinski definition) is 1. The van der Waals surface area contributed by atoms with Gasteiger partial charge in [0, 0.05) is 38.7 Å². The lowest BCUT2D eigenvalue weighted by atomic mass is 9.80. The number of aromatic nitrogens is 2. The Morgan fingerprint density at radius 3 is 1.94 bits per heavy atom. The molecule has 1 fully saturated rings. The van der Waals surface area contributed by atoms with Crippen molar-refractivity contribution in [1.29, 1.82) is 0 Å². The summed E-state index contributed by atoms with van der Waals surface area (Å²) < 4.78 is 41.3.